The van der Waals surface area contributed by atoms with Gasteiger partial charge in [0.1, 0.15) is 17.0 Å². The highest BCUT2D eigenvalue weighted by Gasteiger charge is 2.39. The van der Waals surface area contributed by atoms with Crippen LogP contribution in [0.1, 0.15) is 33.6 Å². The van der Waals surface area contributed by atoms with E-state index in [1.807, 2.05) is 0 Å². The van der Waals surface area contributed by atoms with Gasteiger partial charge in [-0.2, -0.15) is 0 Å². The zero-order valence-electron chi connectivity index (χ0n) is 9.05. The second-order valence-electron chi connectivity index (χ2n) is 3.58. The SMILES string of the molecule is COC(=O)C(C)(CCC(C)=O)C(C)=O. The topological polar surface area (TPSA) is 60.4 Å². The van der Waals surface area contributed by atoms with Gasteiger partial charge in [0.25, 0.3) is 0 Å². The maximum atomic E-state index is 11.3. The first-order chi connectivity index (χ1) is 6.34. The Balaban J connectivity index is 4.64. The number of hydrogen-bond donors (Lipinski definition) is 0. The summed E-state index contributed by atoms with van der Waals surface area (Å²) in [6.07, 6.45) is 0.426. The highest BCUT2D eigenvalue weighted by atomic mass is 16.5. The first-order valence-electron chi connectivity index (χ1n) is 4.43. The second kappa shape index (κ2) is 4.88. The van der Waals surface area contributed by atoms with Gasteiger partial charge in [0.15, 0.2) is 0 Å². The molecule has 80 valence electrons. The quantitative estimate of drug-likeness (QED) is 0.493. The number of ether oxygens (including phenoxy) is 1. The number of carbonyl (C=O) groups is 3. The maximum absolute atomic E-state index is 11.3. The zero-order chi connectivity index (χ0) is 11.4. The van der Waals surface area contributed by atoms with Gasteiger partial charge in [0, 0.05) is 6.42 Å². The fourth-order valence-corrected chi connectivity index (χ4v) is 1.07. The number of esters is 1. The van der Waals surface area contributed by atoms with Crippen molar-refractivity contribution in [1.29, 1.82) is 0 Å². The van der Waals surface area contributed by atoms with Gasteiger partial charge in [0.2, 0.25) is 0 Å². The third-order valence-electron chi connectivity index (χ3n) is 2.39. The van der Waals surface area contributed by atoms with E-state index >= 15 is 0 Å². The van der Waals surface area contributed by atoms with Gasteiger partial charge in [-0.3, -0.25) is 9.59 Å². The molecule has 0 bridgehead atoms. The van der Waals surface area contributed by atoms with Crippen molar-refractivity contribution in [3.63, 3.8) is 0 Å². The van der Waals surface area contributed by atoms with Crippen molar-refractivity contribution in [3.05, 3.63) is 0 Å². The minimum absolute atomic E-state index is 0.0404. The summed E-state index contributed by atoms with van der Waals surface area (Å²) in [7, 11) is 1.23. The van der Waals surface area contributed by atoms with Gasteiger partial charge >= 0.3 is 5.97 Å². The number of carbonyl (C=O) groups excluding carboxylic acids is 3. The Bertz CT molecular complexity index is 257. The van der Waals surface area contributed by atoms with Crippen LogP contribution in [0.3, 0.4) is 0 Å². The molecule has 4 nitrogen and oxygen atoms in total. The minimum Gasteiger partial charge on any atom is -0.468 e. The summed E-state index contributed by atoms with van der Waals surface area (Å²) >= 11 is 0. The van der Waals surface area contributed by atoms with E-state index in [0.717, 1.165) is 0 Å². The molecule has 0 aliphatic carbocycles. The van der Waals surface area contributed by atoms with E-state index in [1.165, 1.54) is 27.9 Å². The van der Waals surface area contributed by atoms with Gasteiger partial charge in [0.05, 0.1) is 7.11 Å². The van der Waals surface area contributed by atoms with Crippen molar-refractivity contribution in [2.24, 2.45) is 5.41 Å². The average molecular weight is 200 g/mol. The van der Waals surface area contributed by atoms with Crippen LogP contribution >= 0.6 is 0 Å². The third-order valence-corrected chi connectivity index (χ3v) is 2.39. The molecular weight excluding hydrogens is 184 g/mol. The molecule has 0 radical (unpaired) electrons. The van der Waals surface area contributed by atoms with Crippen molar-refractivity contribution in [1.82, 2.24) is 0 Å². The standard InChI is InChI=1S/C10H16O4/c1-7(11)5-6-10(3,8(2)12)9(13)14-4/h5-6H2,1-4H3. The number of ketones is 2. The molecule has 1 atom stereocenters. The molecule has 4 heteroatoms. The molecule has 0 heterocycles. The van der Waals surface area contributed by atoms with Gasteiger partial charge in [-0.05, 0) is 27.2 Å². The van der Waals surface area contributed by atoms with E-state index in [9.17, 15) is 14.4 Å². The molecule has 0 rings (SSSR count). The molecule has 0 aliphatic heterocycles. The fourth-order valence-electron chi connectivity index (χ4n) is 1.07. The Hall–Kier alpha value is -1.19. The number of hydrogen-bond acceptors (Lipinski definition) is 4. The Morgan fingerprint density at radius 2 is 1.71 bits per heavy atom. The molecule has 0 N–H and O–H groups in total. The molecule has 0 aliphatic rings. The Morgan fingerprint density at radius 3 is 2.00 bits per heavy atom. The van der Waals surface area contributed by atoms with Gasteiger partial charge in [-0.25, -0.2) is 0 Å². The smallest absolute Gasteiger partial charge is 0.319 e. The number of methoxy groups -OCH3 is 1. The summed E-state index contributed by atoms with van der Waals surface area (Å²) in [5.74, 6) is -0.891. The monoisotopic (exact) mass is 200 g/mol. The molecule has 0 aromatic carbocycles. The molecule has 0 amide bonds. The summed E-state index contributed by atoms with van der Waals surface area (Å²) in [6.45, 7) is 4.26. The highest BCUT2D eigenvalue weighted by molar-refractivity contribution is 6.02. The van der Waals surface area contributed by atoms with E-state index in [0.29, 0.717) is 0 Å². The molecule has 0 aromatic heterocycles. The molecule has 0 spiro atoms. The van der Waals surface area contributed by atoms with Crippen molar-refractivity contribution >= 4 is 17.5 Å². The van der Waals surface area contributed by atoms with Gasteiger partial charge in [-0.1, -0.05) is 0 Å². The third kappa shape index (κ3) is 2.94. The predicted octanol–water partition coefficient (Wildman–Crippen LogP) is 1.12. The first kappa shape index (κ1) is 12.8. The summed E-state index contributed by atoms with van der Waals surface area (Å²) < 4.78 is 4.54. The van der Waals surface area contributed by atoms with Gasteiger partial charge < -0.3 is 9.53 Å². The molecule has 0 aromatic rings. The van der Waals surface area contributed by atoms with Crippen LogP contribution in [0.15, 0.2) is 0 Å². The van der Waals surface area contributed by atoms with E-state index in [4.69, 9.17) is 0 Å². The van der Waals surface area contributed by atoms with Crippen LogP contribution in [-0.4, -0.2) is 24.6 Å². The highest BCUT2D eigenvalue weighted by Crippen LogP contribution is 2.26. The lowest BCUT2D eigenvalue weighted by Crippen LogP contribution is -2.36. The average Bonchev–Trinajstić information content (AvgIpc) is 2.12. The van der Waals surface area contributed by atoms with Crippen molar-refractivity contribution in [3.8, 4) is 0 Å². The summed E-state index contributed by atoms with van der Waals surface area (Å²) in [5, 5.41) is 0. The number of rotatable bonds is 5. The Kier molecular flexibility index (Phi) is 4.47. The van der Waals surface area contributed by atoms with E-state index in [2.05, 4.69) is 4.74 Å². The van der Waals surface area contributed by atoms with Crippen molar-refractivity contribution in [2.75, 3.05) is 7.11 Å². The molecule has 0 saturated heterocycles. The van der Waals surface area contributed by atoms with Crippen LogP contribution in [0, 0.1) is 5.41 Å². The van der Waals surface area contributed by atoms with Gasteiger partial charge in [-0.15, -0.1) is 0 Å². The summed E-state index contributed by atoms with van der Waals surface area (Å²) in [6, 6.07) is 0. The maximum Gasteiger partial charge on any atom is 0.319 e. The minimum atomic E-state index is -1.18. The van der Waals surface area contributed by atoms with Crippen LogP contribution in [0.4, 0.5) is 0 Å². The normalized spacial score (nSPS) is 14.3. The molecular formula is C10H16O4. The fraction of sp³-hybridized carbons (Fsp3) is 0.700. The van der Waals surface area contributed by atoms with Crippen LogP contribution in [0.2, 0.25) is 0 Å². The lowest BCUT2D eigenvalue weighted by atomic mass is 9.81. The molecule has 0 fully saturated rings. The summed E-state index contributed by atoms with van der Waals surface area (Å²) in [5.41, 5.74) is -1.18. The Morgan fingerprint density at radius 1 is 1.21 bits per heavy atom. The molecule has 1 unspecified atom stereocenters. The molecule has 14 heavy (non-hydrogen) atoms. The van der Waals surface area contributed by atoms with E-state index in [1.54, 1.807) is 0 Å². The van der Waals surface area contributed by atoms with E-state index in [-0.39, 0.29) is 24.4 Å². The molecule has 0 saturated carbocycles. The van der Waals surface area contributed by atoms with Crippen LogP contribution in [0.25, 0.3) is 0 Å². The zero-order valence-corrected chi connectivity index (χ0v) is 9.05. The van der Waals surface area contributed by atoms with Crippen LogP contribution < -0.4 is 0 Å². The lowest BCUT2D eigenvalue weighted by molar-refractivity contribution is -0.156. The largest absolute Gasteiger partial charge is 0.468 e. The first-order valence-corrected chi connectivity index (χ1v) is 4.43. The van der Waals surface area contributed by atoms with E-state index < -0.39 is 11.4 Å². The number of Topliss-reactive ketones (excluding diaryl/α,β-unsaturated/α-hetero) is 2. The summed E-state index contributed by atoms with van der Waals surface area (Å²) in [4.78, 5) is 33.4. The van der Waals surface area contributed by atoms with Crippen LogP contribution in [-0.2, 0) is 19.1 Å². The van der Waals surface area contributed by atoms with Crippen LogP contribution in [0.5, 0.6) is 0 Å². The Labute approximate surface area is 83.6 Å². The second-order valence-corrected chi connectivity index (χ2v) is 3.58. The predicted molar refractivity (Wildman–Crippen MR) is 50.7 cm³/mol. The van der Waals surface area contributed by atoms with Crippen molar-refractivity contribution in [2.45, 2.75) is 33.6 Å². The lowest BCUT2D eigenvalue weighted by Gasteiger charge is -2.22. The van der Waals surface area contributed by atoms with Crippen molar-refractivity contribution < 1.29 is 19.1 Å².